The number of carbonyl (C=O) groups excluding carboxylic acids is 1. The van der Waals surface area contributed by atoms with Crippen LogP contribution in [0.1, 0.15) is 12.5 Å². The number of aliphatic hydroxyl groups is 1. The fourth-order valence-electron chi connectivity index (χ4n) is 1.71. The van der Waals surface area contributed by atoms with Gasteiger partial charge in [-0.15, -0.1) is 0 Å². The molecule has 3 nitrogen and oxygen atoms in total. The van der Waals surface area contributed by atoms with Gasteiger partial charge in [-0.3, -0.25) is 4.79 Å². The van der Waals surface area contributed by atoms with E-state index in [9.17, 15) is 18.0 Å². The summed E-state index contributed by atoms with van der Waals surface area (Å²) in [6.45, 7) is 1.60. The Morgan fingerprint density at radius 1 is 1.30 bits per heavy atom. The lowest BCUT2D eigenvalue weighted by atomic mass is 10.1. The first kappa shape index (κ1) is 16.8. The van der Waals surface area contributed by atoms with Crippen molar-refractivity contribution >= 4 is 17.7 Å². The van der Waals surface area contributed by atoms with Crippen LogP contribution < -0.4 is 5.32 Å². The molecule has 0 saturated carbocycles. The van der Waals surface area contributed by atoms with Crippen molar-refractivity contribution < 1.29 is 23.1 Å². The van der Waals surface area contributed by atoms with E-state index in [-0.39, 0.29) is 29.9 Å². The SMILES string of the molecule is CSC(CO)C(C)NC(=O)Cc1cc(F)c(F)cc1F. The molecule has 2 unspecified atom stereocenters. The summed E-state index contributed by atoms with van der Waals surface area (Å²) >= 11 is 1.39. The first-order chi connectivity index (χ1) is 9.38. The van der Waals surface area contributed by atoms with Crippen molar-refractivity contribution in [3.05, 3.63) is 35.1 Å². The number of thioether (sulfide) groups is 1. The Kier molecular flexibility index (Phi) is 6.35. The quantitative estimate of drug-likeness (QED) is 0.789. The third-order valence-electron chi connectivity index (χ3n) is 2.87. The molecule has 0 fully saturated rings. The molecule has 0 spiro atoms. The van der Waals surface area contributed by atoms with Crippen molar-refractivity contribution in [1.29, 1.82) is 0 Å². The minimum absolute atomic E-state index is 0.109. The van der Waals surface area contributed by atoms with Crippen LogP contribution in [-0.4, -0.2) is 35.2 Å². The average Bonchev–Trinajstić information content (AvgIpc) is 2.37. The predicted octanol–water partition coefficient (Wildman–Crippen LogP) is 1.87. The first-order valence-electron chi connectivity index (χ1n) is 5.95. The van der Waals surface area contributed by atoms with Gasteiger partial charge in [0.05, 0.1) is 13.0 Å². The van der Waals surface area contributed by atoms with E-state index >= 15 is 0 Å². The molecule has 2 atom stereocenters. The third kappa shape index (κ3) is 4.42. The zero-order valence-electron chi connectivity index (χ0n) is 11.1. The van der Waals surface area contributed by atoms with Gasteiger partial charge < -0.3 is 10.4 Å². The van der Waals surface area contributed by atoms with E-state index in [1.807, 2.05) is 0 Å². The highest BCUT2D eigenvalue weighted by Crippen LogP contribution is 2.15. The van der Waals surface area contributed by atoms with E-state index in [1.165, 1.54) is 11.8 Å². The summed E-state index contributed by atoms with van der Waals surface area (Å²) in [7, 11) is 0. The Morgan fingerprint density at radius 2 is 1.90 bits per heavy atom. The minimum atomic E-state index is -1.29. The Labute approximate surface area is 119 Å². The van der Waals surface area contributed by atoms with E-state index in [4.69, 9.17) is 5.11 Å². The Hall–Kier alpha value is -1.21. The average molecular weight is 307 g/mol. The van der Waals surface area contributed by atoms with Gasteiger partial charge in [-0.25, -0.2) is 13.2 Å². The Bertz CT molecular complexity index is 481. The van der Waals surface area contributed by atoms with Crippen LogP contribution >= 0.6 is 11.8 Å². The lowest BCUT2D eigenvalue weighted by molar-refractivity contribution is -0.121. The standard InChI is InChI=1S/C13H16F3NO2S/c1-7(12(6-18)20-2)17-13(19)4-8-3-10(15)11(16)5-9(8)14/h3,5,7,12,18H,4,6H2,1-2H3,(H,17,19). The molecule has 0 aliphatic carbocycles. The second-order valence-electron chi connectivity index (χ2n) is 4.35. The van der Waals surface area contributed by atoms with Crippen LogP contribution in [-0.2, 0) is 11.2 Å². The number of rotatable bonds is 6. The van der Waals surface area contributed by atoms with Crippen molar-refractivity contribution in [2.45, 2.75) is 24.6 Å². The van der Waals surface area contributed by atoms with Crippen molar-refractivity contribution in [3.8, 4) is 0 Å². The molecular formula is C13H16F3NO2S. The number of halogens is 3. The van der Waals surface area contributed by atoms with Gasteiger partial charge >= 0.3 is 0 Å². The second-order valence-corrected chi connectivity index (χ2v) is 5.42. The van der Waals surface area contributed by atoms with Crippen LogP contribution in [0.3, 0.4) is 0 Å². The van der Waals surface area contributed by atoms with Crippen LogP contribution in [0, 0.1) is 17.5 Å². The highest BCUT2D eigenvalue weighted by molar-refractivity contribution is 7.99. The lowest BCUT2D eigenvalue weighted by Gasteiger charge is -2.21. The van der Waals surface area contributed by atoms with Crippen molar-refractivity contribution in [3.63, 3.8) is 0 Å². The van der Waals surface area contributed by atoms with E-state index in [2.05, 4.69) is 5.32 Å². The molecule has 1 aromatic carbocycles. The number of hydrogen-bond acceptors (Lipinski definition) is 3. The van der Waals surface area contributed by atoms with Gasteiger partial charge in [0, 0.05) is 22.9 Å². The van der Waals surface area contributed by atoms with Gasteiger partial charge in [0.25, 0.3) is 0 Å². The number of hydrogen-bond donors (Lipinski definition) is 2. The molecule has 0 radical (unpaired) electrons. The molecule has 0 bridgehead atoms. The molecule has 0 aliphatic heterocycles. The Morgan fingerprint density at radius 3 is 2.45 bits per heavy atom. The first-order valence-corrected chi connectivity index (χ1v) is 7.24. The minimum Gasteiger partial charge on any atom is -0.395 e. The van der Waals surface area contributed by atoms with Crippen molar-refractivity contribution in [1.82, 2.24) is 5.32 Å². The van der Waals surface area contributed by atoms with Crippen LogP contribution in [0.2, 0.25) is 0 Å². The van der Waals surface area contributed by atoms with Crippen LogP contribution in [0.5, 0.6) is 0 Å². The largest absolute Gasteiger partial charge is 0.395 e. The summed E-state index contributed by atoms with van der Waals surface area (Å²) in [5, 5.41) is 11.5. The molecule has 1 rings (SSSR count). The Balaban J connectivity index is 2.69. The maximum absolute atomic E-state index is 13.4. The van der Waals surface area contributed by atoms with E-state index < -0.39 is 23.4 Å². The van der Waals surface area contributed by atoms with Crippen LogP contribution in [0.15, 0.2) is 12.1 Å². The zero-order chi connectivity index (χ0) is 15.3. The van der Waals surface area contributed by atoms with Gasteiger partial charge in [-0.05, 0) is 19.2 Å². The topological polar surface area (TPSA) is 49.3 Å². The van der Waals surface area contributed by atoms with Gasteiger partial charge in [-0.2, -0.15) is 11.8 Å². The maximum atomic E-state index is 13.4. The molecule has 7 heteroatoms. The van der Waals surface area contributed by atoms with Crippen LogP contribution in [0.25, 0.3) is 0 Å². The van der Waals surface area contributed by atoms with Gasteiger partial charge in [0.1, 0.15) is 5.82 Å². The smallest absolute Gasteiger partial charge is 0.224 e. The molecule has 20 heavy (non-hydrogen) atoms. The summed E-state index contributed by atoms with van der Waals surface area (Å²) in [6, 6.07) is 0.767. The second kappa shape index (κ2) is 7.54. The summed E-state index contributed by atoms with van der Waals surface area (Å²) in [4.78, 5) is 11.7. The van der Waals surface area contributed by atoms with E-state index in [0.717, 1.165) is 0 Å². The zero-order valence-corrected chi connectivity index (χ0v) is 11.9. The monoisotopic (exact) mass is 307 g/mol. The summed E-state index contributed by atoms with van der Waals surface area (Å²) in [6.07, 6.45) is 1.40. The molecule has 112 valence electrons. The molecule has 0 saturated heterocycles. The fraction of sp³-hybridized carbons (Fsp3) is 0.462. The highest BCUT2D eigenvalue weighted by Gasteiger charge is 2.19. The number of amides is 1. The summed E-state index contributed by atoms with van der Waals surface area (Å²) in [5.41, 5.74) is -0.210. The molecule has 0 heterocycles. The molecule has 0 aliphatic rings. The summed E-state index contributed by atoms with van der Waals surface area (Å²) in [5.74, 6) is -3.97. The van der Waals surface area contributed by atoms with E-state index in [0.29, 0.717) is 12.1 Å². The van der Waals surface area contributed by atoms with Gasteiger partial charge in [0.15, 0.2) is 11.6 Å². The molecule has 1 amide bonds. The molecule has 0 aromatic heterocycles. The third-order valence-corrected chi connectivity index (χ3v) is 4.03. The van der Waals surface area contributed by atoms with Crippen molar-refractivity contribution in [2.24, 2.45) is 0 Å². The molecule has 2 N–H and O–H groups in total. The lowest BCUT2D eigenvalue weighted by Crippen LogP contribution is -2.42. The number of benzene rings is 1. The van der Waals surface area contributed by atoms with E-state index in [1.54, 1.807) is 13.2 Å². The number of aliphatic hydroxyl groups excluding tert-OH is 1. The fourth-order valence-corrected chi connectivity index (χ4v) is 2.33. The highest BCUT2D eigenvalue weighted by atomic mass is 32.2. The van der Waals surface area contributed by atoms with Crippen LogP contribution in [0.4, 0.5) is 13.2 Å². The predicted molar refractivity (Wildman–Crippen MR) is 72.0 cm³/mol. The summed E-state index contributed by atoms with van der Waals surface area (Å²) < 4.78 is 39.1. The normalized spacial score (nSPS) is 13.9. The molecular weight excluding hydrogens is 291 g/mol. The number of nitrogens with one attached hydrogen (secondary N) is 1. The molecule has 1 aromatic rings. The maximum Gasteiger partial charge on any atom is 0.224 e. The van der Waals surface area contributed by atoms with Gasteiger partial charge in [0.2, 0.25) is 5.91 Å². The van der Waals surface area contributed by atoms with Crippen molar-refractivity contribution in [2.75, 3.05) is 12.9 Å². The number of carbonyl (C=O) groups is 1. The van der Waals surface area contributed by atoms with Gasteiger partial charge in [-0.1, -0.05) is 0 Å².